The number of anilines is 1. The third-order valence-corrected chi connectivity index (χ3v) is 3.76. The Kier molecular flexibility index (Phi) is 4.47. The molecule has 0 amide bonds. The van der Waals surface area contributed by atoms with Crippen molar-refractivity contribution >= 4 is 21.7 Å². The van der Waals surface area contributed by atoms with Gasteiger partial charge in [-0.1, -0.05) is 35.0 Å². The number of halogens is 4. The van der Waals surface area contributed by atoms with Crippen molar-refractivity contribution in [2.45, 2.75) is 19.6 Å². The summed E-state index contributed by atoms with van der Waals surface area (Å²) >= 11 is 3.29. The fourth-order valence-electron chi connectivity index (χ4n) is 1.90. The van der Waals surface area contributed by atoms with E-state index in [4.69, 9.17) is 5.73 Å². The highest BCUT2D eigenvalue weighted by atomic mass is 79.9. The van der Waals surface area contributed by atoms with Crippen molar-refractivity contribution in [3.05, 3.63) is 34.3 Å². The minimum absolute atomic E-state index is 0.0588. The zero-order valence-electron chi connectivity index (χ0n) is 11.5. The van der Waals surface area contributed by atoms with E-state index in [0.29, 0.717) is 5.56 Å². The summed E-state index contributed by atoms with van der Waals surface area (Å²) in [5, 5.41) is 13.3. The first-order chi connectivity index (χ1) is 10.2. The van der Waals surface area contributed by atoms with Gasteiger partial charge in [-0.3, -0.25) is 0 Å². The molecule has 0 bridgehead atoms. The number of nitriles is 1. The third-order valence-electron chi connectivity index (χ3n) is 3.23. The van der Waals surface area contributed by atoms with Crippen molar-refractivity contribution in [1.82, 2.24) is 9.78 Å². The Morgan fingerprint density at radius 2 is 1.95 bits per heavy atom. The van der Waals surface area contributed by atoms with Crippen molar-refractivity contribution in [2.75, 3.05) is 5.73 Å². The summed E-state index contributed by atoms with van der Waals surface area (Å²) in [5.74, 6) is -1.67. The van der Waals surface area contributed by atoms with E-state index in [2.05, 4.69) is 21.0 Å². The first-order valence-corrected chi connectivity index (χ1v) is 7.12. The number of nitrogen functional groups attached to an aromatic ring is 1. The molecule has 1 aromatic carbocycles. The molecule has 0 aliphatic rings. The van der Waals surface area contributed by atoms with Crippen molar-refractivity contribution in [3.63, 3.8) is 0 Å². The Morgan fingerprint density at radius 3 is 2.45 bits per heavy atom. The van der Waals surface area contributed by atoms with Crippen molar-refractivity contribution < 1.29 is 13.2 Å². The largest absolute Gasteiger partial charge is 0.393 e. The molecular weight excluding hydrogens is 361 g/mol. The average Bonchev–Trinajstić information content (AvgIpc) is 2.75. The predicted octanol–water partition coefficient (Wildman–Crippen LogP) is 3.96. The van der Waals surface area contributed by atoms with E-state index in [0.717, 1.165) is 16.1 Å². The summed E-state index contributed by atoms with van der Waals surface area (Å²) in [4.78, 5) is 0. The summed E-state index contributed by atoms with van der Waals surface area (Å²) in [6.45, 7) is 0.618. The standard InChI is InChI=1S/C14H12BrF3N4/c1-8(14(16,17)18)7-22-13(20)11(6-19)12(21-22)9-2-4-10(15)5-3-9/h2-5,8H,7,20H2,1H3. The normalized spacial score (nSPS) is 12.9. The van der Waals surface area contributed by atoms with Crippen LogP contribution in [0.15, 0.2) is 28.7 Å². The van der Waals surface area contributed by atoms with Gasteiger partial charge in [-0.05, 0) is 12.1 Å². The first kappa shape index (κ1) is 16.4. The number of hydrogen-bond acceptors (Lipinski definition) is 3. The van der Waals surface area contributed by atoms with Crippen molar-refractivity contribution in [3.8, 4) is 17.3 Å². The van der Waals surface area contributed by atoms with Crippen LogP contribution in [-0.4, -0.2) is 16.0 Å². The van der Waals surface area contributed by atoms with Gasteiger partial charge in [-0.15, -0.1) is 0 Å². The molecule has 4 nitrogen and oxygen atoms in total. The molecule has 0 fully saturated rings. The van der Waals surface area contributed by atoms with Gasteiger partial charge in [-0.2, -0.15) is 23.5 Å². The van der Waals surface area contributed by atoms with Gasteiger partial charge in [0.05, 0.1) is 12.5 Å². The van der Waals surface area contributed by atoms with Crippen LogP contribution in [0.3, 0.4) is 0 Å². The molecule has 8 heteroatoms. The van der Waals surface area contributed by atoms with Crippen LogP contribution in [0.4, 0.5) is 19.0 Å². The van der Waals surface area contributed by atoms with E-state index in [1.165, 1.54) is 0 Å². The predicted molar refractivity (Wildman–Crippen MR) is 79.7 cm³/mol. The number of nitrogens with zero attached hydrogens (tertiary/aromatic N) is 3. The summed E-state index contributed by atoms with van der Waals surface area (Å²) in [7, 11) is 0. The summed E-state index contributed by atoms with van der Waals surface area (Å²) in [6, 6.07) is 8.84. The van der Waals surface area contributed by atoms with Crippen LogP contribution >= 0.6 is 15.9 Å². The summed E-state index contributed by atoms with van der Waals surface area (Å²) < 4.78 is 39.9. The molecule has 0 aliphatic heterocycles. The summed E-state index contributed by atoms with van der Waals surface area (Å²) in [5.41, 5.74) is 6.75. The molecule has 0 radical (unpaired) electrons. The maximum atomic E-state index is 12.7. The third kappa shape index (κ3) is 3.25. The number of hydrogen-bond donors (Lipinski definition) is 1. The van der Waals surface area contributed by atoms with Gasteiger partial charge in [0.1, 0.15) is 23.1 Å². The molecule has 0 saturated heterocycles. The smallest absolute Gasteiger partial charge is 0.383 e. The van der Waals surface area contributed by atoms with Gasteiger partial charge in [-0.25, -0.2) is 4.68 Å². The second-order valence-electron chi connectivity index (χ2n) is 4.85. The minimum Gasteiger partial charge on any atom is -0.383 e. The van der Waals surface area contributed by atoms with Crippen LogP contribution in [0.25, 0.3) is 11.3 Å². The molecule has 2 rings (SSSR count). The Labute approximate surface area is 133 Å². The van der Waals surface area contributed by atoms with E-state index < -0.39 is 18.6 Å². The number of rotatable bonds is 3. The molecule has 22 heavy (non-hydrogen) atoms. The number of benzene rings is 1. The minimum atomic E-state index is -4.34. The molecule has 2 N–H and O–H groups in total. The Bertz CT molecular complexity index is 713. The average molecular weight is 373 g/mol. The molecule has 1 unspecified atom stereocenters. The van der Waals surface area contributed by atoms with E-state index in [-0.39, 0.29) is 17.1 Å². The monoisotopic (exact) mass is 372 g/mol. The first-order valence-electron chi connectivity index (χ1n) is 6.33. The van der Waals surface area contributed by atoms with Crippen molar-refractivity contribution in [1.29, 1.82) is 5.26 Å². The van der Waals surface area contributed by atoms with Crippen LogP contribution in [0.5, 0.6) is 0 Å². The maximum Gasteiger partial charge on any atom is 0.393 e. The molecule has 1 aromatic heterocycles. The van der Waals surface area contributed by atoms with Gasteiger partial charge >= 0.3 is 6.18 Å². The van der Waals surface area contributed by atoms with Crippen LogP contribution in [-0.2, 0) is 6.54 Å². The maximum absolute atomic E-state index is 12.7. The highest BCUT2D eigenvalue weighted by molar-refractivity contribution is 9.10. The Morgan fingerprint density at radius 1 is 1.36 bits per heavy atom. The van der Waals surface area contributed by atoms with E-state index in [1.807, 2.05) is 6.07 Å². The molecule has 0 saturated carbocycles. The Hall–Kier alpha value is -2.01. The topological polar surface area (TPSA) is 67.6 Å². The highest BCUT2D eigenvalue weighted by Crippen LogP contribution is 2.31. The van der Waals surface area contributed by atoms with Crippen LogP contribution in [0, 0.1) is 17.2 Å². The van der Waals surface area contributed by atoms with Gasteiger partial charge in [0.15, 0.2) is 0 Å². The van der Waals surface area contributed by atoms with Gasteiger partial charge < -0.3 is 5.73 Å². The van der Waals surface area contributed by atoms with Crippen LogP contribution in [0.1, 0.15) is 12.5 Å². The van der Waals surface area contributed by atoms with Crippen molar-refractivity contribution in [2.24, 2.45) is 5.92 Å². The lowest BCUT2D eigenvalue weighted by Crippen LogP contribution is -2.25. The van der Waals surface area contributed by atoms with Crippen LogP contribution < -0.4 is 5.73 Å². The molecule has 0 spiro atoms. The second-order valence-corrected chi connectivity index (χ2v) is 5.77. The lowest BCUT2D eigenvalue weighted by atomic mass is 10.1. The molecule has 1 atom stereocenters. The SMILES string of the molecule is CC(Cn1nc(-c2ccc(Br)cc2)c(C#N)c1N)C(F)(F)F. The number of aromatic nitrogens is 2. The molecular formula is C14H12BrF3N4. The van der Waals surface area contributed by atoms with Gasteiger partial charge in [0.25, 0.3) is 0 Å². The molecule has 116 valence electrons. The fraction of sp³-hybridized carbons (Fsp3) is 0.286. The van der Waals surface area contributed by atoms with E-state index >= 15 is 0 Å². The zero-order chi connectivity index (χ0) is 16.5. The quantitative estimate of drug-likeness (QED) is 0.886. The highest BCUT2D eigenvalue weighted by Gasteiger charge is 2.37. The lowest BCUT2D eigenvalue weighted by molar-refractivity contribution is -0.173. The van der Waals surface area contributed by atoms with E-state index in [1.54, 1.807) is 24.3 Å². The summed E-state index contributed by atoms with van der Waals surface area (Å²) in [6.07, 6.45) is -4.34. The second kappa shape index (κ2) is 6.01. The number of nitrogens with two attached hydrogens (primary N) is 1. The zero-order valence-corrected chi connectivity index (χ0v) is 13.1. The lowest BCUT2D eigenvalue weighted by Gasteiger charge is -2.15. The molecule has 0 aliphatic carbocycles. The van der Waals surface area contributed by atoms with Gasteiger partial charge in [0.2, 0.25) is 0 Å². The number of alkyl halides is 3. The fourth-order valence-corrected chi connectivity index (χ4v) is 2.16. The Balaban J connectivity index is 2.43. The molecule has 1 heterocycles. The van der Waals surface area contributed by atoms with Gasteiger partial charge in [0, 0.05) is 10.0 Å². The molecule has 2 aromatic rings. The van der Waals surface area contributed by atoms with Crippen LogP contribution in [0.2, 0.25) is 0 Å². The van der Waals surface area contributed by atoms with E-state index in [9.17, 15) is 18.4 Å².